The molecule has 1 aliphatic heterocycles. The third-order valence-electron chi connectivity index (χ3n) is 4.47. The Morgan fingerprint density at radius 2 is 1.89 bits per heavy atom. The highest BCUT2D eigenvalue weighted by atomic mass is 16.5. The van der Waals surface area contributed by atoms with Gasteiger partial charge in [0.2, 0.25) is 5.91 Å². The number of benzene rings is 1. The van der Waals surface area contributed by atoms with Crippen LogP contribution in [-0.2, 0) is 25.5 Å². The van der Waals surface area contributed by atoms with Crippen molar-refractivity contribution in [3.63, 3.8) is 0 Å². The third kappa shape index (κ3) is 5.06. The maximum Gasteiger partial charge on any atom is 0.318 e. The lowest BCUT2D eigenvalue weighted by molar-refractivity contribution is -0.161. The number of nitrogens with two attached hydrogens (primary N) is 1. The summed E-state index contributed by atoms with van der Waals surface area (Å²) in [4.78, 5) is 49.2. The number of anilines is 1. The van der Waals surface area contributed by atoms with Gasteiger partial charge in [0, 0.05) is 18.7 Å². The molecule has 1 aliphatic rings. The van der Waals surface area contributed by atoms with Gasteiger partial charge >= 0.3 is 12.0 Å². The summed E-state index contributed by atoms with van der Waals surface area (Å²) in [6.07, 6.45) is -0.248. The molecule has 2 rings (SSSR count). The van der Waals surface area contributed by atoms with Crippen molar-refractivity contribution in [2.75, 3.05) is 11.4 Å². The molecule has 1 aromatic rings. The number of urea groups is 1. The van der Waals surface area contributed by atoms with Crippen LogP contribution in [0.1, 0.15) is 32.8 Å². The van der Waals surface area contributed by atoms with Crippen molar-refractivity contribution in [3.8, 4) is 0 Å². The number of esters is 1. The molecular weight excluding hydrogens is 350 g/mol. The molecule has 1 saturated heterocycles. The van der Waals surface area contributed by atoms with Crippen molar-refractivity contribution in [1.29, 1.82) is 0 Å². The summed E-state index contributed by atoms with van der Waals surface area (Å²) in [5.41, 5.74) is 6.82. The molecule has 0 aromatic heterocycles. The summed E-state index contributed by atoms with van der Waals surface area (Å²) in [6, 6.07) is 6.57. The number of ether oxygens (including phenoxy) is 1. The Kier molecular flexibility index (Phi) is 6.55. The molecule has 27 heavy (non-hydrogen) atoms. The monoisotopic (exact) mass is 375 g/mol. The van der Waals surface area contributed by atoms with Crippen LogP contribution in [0, 0.1) is 11.8 Å². The number of nitrogens with one attached hydrogen (secondary N) is 1. The molecular formula is C19H25N3O5. The molecule has 146 valence electrons. The van der Waals surface area contributed by atoms with E-state index in [4.69, 9.17) is 10.5 Å². The van der Waals surface area contributed by atoms with Gasteiger partial charge in [-0.3, -0.25) is 19.7 Å². The van der Waals surface area contributed by atoms with E-state index < -0.39 is 29.9 Å². The van der Waals surface area contributed by atoms with Crippen LogP contribution in [-0.4, -0.2) is 36.5 Å². The van der Waals surface area contributed by atoms with E-state index in [1.165, 1.54) is 0 Å². The summed E-state index contributed by atoms with van der Waals surface area (Å²) >= 11 is 0. The van der Waals surface area contributed by atoms with E-state index in [1.807, 2.05) is 36.5 Å². The van der Waals surface area contributed by atoms with Crippen LogP contribution in [0.2, 0.25) is 0 Å². The van der Waals surface area contributed by atoms with Crippen LogP contribution in [0.5, 0.6) is 0 Å². The van der Waals surface area contributed by atoms with Crippen LogP contribution < -0.4 is 16.0 Å². The van der Waals surface area contributed by atoms with Crippen molar-refractivity contribution in [1.82, 2.24) is 5.32 Å². The maximum absolute atomic E-state index is 12.5. The number of nitrogens with zero attached hydrogens (tertiary/aromatic N) is 1. The molecule has 1 fully saturated rings. The van der Waals surface area contributed by atoms with Gasteiger partial charge in [-0.15, -0.1) is 0 Å². The molecule has 8 nitrogen and oxygen atoms in total. The predicted molar refractivity (Wildman–Crippen MR) is 98.7 cm³/mol. The maximum atomic E-state index is 12.5. The van der Waals surface area contributed by atoms with E-state index in [-0.39, 0.29) is 24.8 Å². The second kappa shape index (κ2) is 8.66. The zero-order chi connectivity index (χ0) is 20.1. The Bertz CT molecular complexity index is 729. The molecule has 0 saturated carbocycles. The van der Waals surface area contributed by atoms with E-state index in [1.54, 1.807) is 18.7 Å². The van der Waals surface area contributed by atoms with Gasteiger partial charge in [-0.05, 0) is 30.0 Å². The average Bonchev–Trinajstić information content (AvgIpc) is 3.00. The topological polar surface area (TPSA) is 119 Å². The first kappa shape index (κ1) is 20.4. The highest BCUT2D eigenvalue weighted by Gasteiger charge is 2.38. The number of carbonyl (C=O) groups is 4. The van der Waals surface area contributed by atoms with Gasteiger partial charge in [0.05, 0.1) is 5.92 Å². The smallest absolute Gasteiger partial charge is 0.318 e. The fraction of sp³-hybridized carbons (Fsp3) is 0.474. The molecule has 2 atom stereocenters. The Hall–Kier alpha value is -2.90. The Morgan fingerprint density at radius 3 is 2.41 bits per heavy atom. The number of amides is 4. The number of aryl methyl sites for hydroxylation is 1. The Labute approximate surface area is 158 Å². The first-order chi connectivity index (χ1) is 12.7. The van der Waals surface area contributed by atoms with E-state index in [9.17, 15) is 19.2 Å². The molecule has 0 radical (unpaired) electrons. The zero-order valence-corrected chi connectivity index (χ0v) is 15.7. The third-order valence-corrected chi connectivity index (χ3v) is 4.47. The molecule has 1 aromatic carbocycles. The molecule has 8 heteroatoms. The molecule has 0 bridgehead atoms. The van der Waals surface area contributed by atoms with Crippen molar-refractivity contribution in [2.24, 2.45) is 17.6 Å². The summed E-state index contributed by atoms with van der Waals surface area (Å²) in [7, 11) is 0. The minimum absolute atomic E-state index is 0.0105. The number of hydrogen-bond donors (Lipinski definition) is 2. The van der Waals surface area contributed by atoms with Gasteiger partial charge in [-0.25, -0.2) is 4.79 Å². The van der Waals surface area contributed by atoms with Crippen LogP contribution in [0.4, 0.5) is 10.5 Å². The first-order valence-corrected chi connectivity index (χ1v) is 8.93. The van der Waals surface area contributed by atoms with Crippen molar-refractivity contribution < 1.29 is 23.9 Å². The van der Waals surface area contributed by atoms with Crippen molar-refractivity contribution in [3.05, 3.63) is 29.8 Å². The summed E-state index contributed by atoms with van der Waals surface area (Å²) < 4.78 is 5.29. The quantitative estimate of drug-likeness (QED) is 0.728. The predicted octanol–water partition coefficient (Wildman–Crippen LogP) is 1.36. The van der Waals surface area contributed by atoms with Crippen LogP contribution >= 0.6 is 0 Å². The van der Waals surface area contributed by atoms with Gasteiger partial charge in [0.25, 0.3) is 5.91 Å². The van der Waals surface area contributed by atoms with Gasteiger partial charge in [0.1, 0.15) is 0 Å². The fourth-order valence-electron chi connectivity index (χ4n) is 2.93. The number of imide groups is 1. The van der Waals surface area contributed by atoms with Crippen molar-refractivity contribution >= 4 is 29.5 Å². The molecule has 3 N–H and O–H groups in total. The van der Waals surface area contributed by atoms with Gasteiger partial charge in [-0.1, -0.05) is 32.9 Å². The molecule has 0 aliphatic carbocycles. The molecule has 1 heterocycles. The molecule has 0 unspecified atom stereocenters. The number of hydrogen-bond acceptors (Lipinski definition) is 5. The molecule has 4 amide bonds. The first-order valence-electron chi connectivity index (χ1n) is 8.93. The van der Waals surface area contributed by atoms with Gasteiger partial charge in [-0.2, -0.15) is 0 Å². The largest absolute Gasteiger partial charge is 0.452 e. The van der Waals surface area contributed by atoms with E-state index in [0.29, 0.717) is 0 Å². The van der Waals surface area contributed by atoms with E-state index in [0.717, 1.165) is 17.7 Å². The zero-order valence-electron chi connectivity index (χ0n) is 15.7. The second-order valence-electron chi connectivity index (χ2n) is 6.88. The fourth-order valence-corrected chi connectivity index (χ4v) is 2.93. The summed E-state index contributed by atoms with van der Waals surface area (Å²) in [6.45, 7) is 5.59. The van der Waals surface area contributed by atoms with Crippen LogP contribution in [0.25, 0.3) is 0 Å². The standard InChI is InChI=1S/C19H25N3O5/c1-4-12-5-7-14(8-6-12)22-10-13(9-15(22)23)18(25)27-16(11(2)3)17(24)21-19(20)26/h5-8,11,13,16H,4,9-10H2,1-3H3,(H3,20,21,24,26)/t13-,16+/m1/s1. The van der Waals surface area contributed by atoms with Crippen LogP contribution in [0.15, 0.2) is 24.3 Å². The number of carbonyl (C=O) groups excluding carboxylic acids is 4. The lowest BCUT2D eigenvalue weighted by atomic mass is 10.1. The highest BCUT2D eigenvalue weighted by Crippen LogP contribution is 2.27. The van der Waals surface area contributed by atoms with E-state index in [2.05, 4.69) is 0 Å². The van der Waals surface area contributed by atoms with Gasteiger partial charge in [0.15, 0.2) is 6.10 Å². The minimum Gasteiger partial charge on any atom is -0.452 e. The van der Waals surface area contributed by atoms with Crippen LogP contribution in [0.3, 0.4) is 0 Å². The lowest BCUT2D eigenvalue weighted by Crippen LogP contribution is -2.46. The van der Waals surface area contributed by atoms with Crippen molar-refractivity contribution in [2.45, 2.75) is 39.7 Å². The molecule has 0 spiro atoms. The number of primary amides is 1. The van der Waals surface area contributed by atoms with E-state index >= 15 is 0 Å². The average molecular weight is 375 g/mol. The summed E-state index contributed by atoms with van der Waals surface area (Å²) in [5, 5.41) is 1.92. The minimum atomic E-state index is -1.15. The second-order valence-corrected chi connectivity index (χ2v) is 6.88. The normalized spacial score (nSPS) is 17.7. The van der Waals surface area contributed by atoms with Gasteiger partial charge < -0.3 is 15.4 Å². The highest BCUT2D eigenvalue weighted by molar-refractivity contribution is 6.00. The Morgan fingerprint density at radius 1 is 1.26 bits per heavy atom. The lowest BCUT2D eigenvalue weighted by Gasteiger charge is -2.22. The SMILES string of the molecule is CCc1ccc(N2C[C@H](C(=O)O[C@H](C(=O)NC(N)=O)C(C)C)CC2=O)cc1. The summed E-state index contributed by atoms with van der Waals surface area (Å²) in [5.74, 6) is -2.63. The number of rotatable bonds is 6. The Balaban J connectivity index is 2.05.